The molecular weight excluding hydrogens is 591 g/mol. The molecule has 184 valence electrons. The number of hydrogen-bond donors (Lipinski definition) is 2. The molecule has 35 heavy (non-hydrogen) atoms. The minimum atomic E-state index is -4.63. The number of carbonyl (C=O) groups excluding carboxylic acids is 1. The van der Waals surface area contributed by atoms with Crippen molar-refractivity contribution < 1.29 is 26.7 Å². The highest BCUT2D eigenvalue weighted by Gasteiger charge is 2.37. The molecule has 7 nitrogen and oxygen atoms in total. The predicted octanol–water partition coefficient (Wildman–Crippen LogP) is 4.32. The molecule has 1 aromatic heterocycles. The fourth-order valence-corrected chi connectivity index (χ4v) is 5.60. The third-order valence-corrected chi connectivity index (χ3v) is 7.68. The van der Waals surface area contributed by atoms with E-state index in [0.717, 1.165) is 23.5 Å². The van der Waals surface area contributed by atoms with Gasteiger partial charge in [0.05, 0.1) is 12.7 Å². The highest BCUT2D eigenvalue weighted by atomic mass is 127. The number of methoxy groups -OCH3 is 1. The Morgan fingerprint density at radius 1 is 1.17 bits per heavy atom. The summed E-state index contributed by atoms with van der Waals surface area (Å²) in [5.74, 6) is -4.36. The maximum Gasteiger partial charge on any atom is 0.256 e. The summed E-state index contributed by atoms with van der Waals surface area (Å²) in [6.07, 6.45) is 4.44. The summed E-state index contributed by atoms with van der Waals surface area (Å²) in [6, 6.07) is 8.05. The van der Waals surface area contributed by atoms with Gasteiger partial charge in [0, 0.05) is 34.1 Å². The van der Waals surface area contributed by atoms with E-state index in [1.807, 2.05) is 0 Å². The van der Waals surface area contributed by atoms with Gasteiger partial charge in [0.1, 0.15) is 0 Å². The molecule has 2 aromatic carbocycles. The van der Waals surface area contributed by atoms with Gasteiger partial charge in [0.2, 0.25) is 10.0 Å². The highest BCUT2D eigenvalue weighted by molar-refractivity contribution is 14.1. The lowest BCUT2D eigenvalue weighted by Crippen LogP contribution is -2.30. The number of benzene rings is 2. The number of nitrogens with zero attached hydrogens (tertiary/aromatic N) is 1. The summed E-state index contributed by atoms with van der Waals surface area (Å²) in [7, 11) is -3.51. The van der Waals surface area contributed by atoms with Gasteiger partial charge in [-0.25, -0.2) is 21.9 Å². The fourth-order valence-electron chi connectivity index (χ4n) is 3.69. The molecule has 1 aliphatic rings. The molecule has 0 spiro atoms. The van der Waals surface area contributed by atoms with Crippen LogP contribution >= 0.6 is 22.6 Å². The standard InChI is InChI=1S/C24H22F2IN3O4S/c1-13-11-15(27)3-6-17(13)18-19(24(31)30-16-4-5-16)22(34-2)23(21(26)20(18)25)35(32,33)29-12-14-7-9-28-10-8-14/h3,6-11,16,29H,4-5,12H2,1-2H3,(H,30,31). The van der Waals surface area contributed by atoms with Gasteiger partial charge >= 0.3 is 0 Å². The van der Waals surface area contributed by atoms with Crippen molar-refractivity contribution in [2.45, 2.75) is 37.2 Å². The van der Waals surface area contributed by atoms with Gasteiger partial charge in [0.25, 0.3) is 5.91 Å². The fraction of sp³-hybridized carbons (Fsp3) is 0.250. The van der Waals surface area contributed by atoms with E-state index in [0.29, 0.717) is 11.1 Å². The molecule has 11 heteroatoms. The van der Waals surface area contributed by atoms with E-state index in [-0.39, 0.29) is 29.3 Å². The summed E-state index contributed by atoms with van der Waals surface area (Å²) in [6.45, 7) is 1.50. The molecule has 1 fully saturated rings. The average molecular weight is 613 g/mol. The van der Waals surface area contributed by atoms with Crippen LogP contribution in [0.15, 0.2) is 47.6 Å². The minimum absolute atomic E-state index is 0.115. The minimum Gasteiger partial charge on any atom is -0.494 e. The van der Waals surface area contributed by atoms with E-state index in [1.54, 1.807) is 37.3 Å². The number of rotatable bonds is 8. The zero-order valence-corrected chi connectivity index (χ0v) is 21.8. The highest BCUT2D eigenvalue weighted by Crippen LogP contribution is 2.42. The number of ether oxygens (including phenoxy) is 1. The summed E-state index contributed by atoms with van der Waals surface area (Å²) >= 11 is 2.08. The molecule has 1 saturated carbocycles. The van der Waals surface area contributed by atoms with Crippen molar-refractivity contribution in [3.05, 3.63) is 74.6 Å². The quantitative estimate of drug-likeness (QED) is 0.369. The second-order valence-electron chi connectivity index (χ2n) is 8.13. The maximum absolute atomic E-state index is 15.7. The molecule has 1 heterocycles. The smallest absolute Gasteiger partial charge is 0.256 e. The van der Waals surface area contributed by atoms with Crippen LogP contribution in [0, 0.1) is 22.1 Å². The lowest BCUT2D eigenvalue weighted by molar-refractivity contribution is 0.0947. The molecule has 0 saturated heterocycles. The first-order chi connectivity index (χ1) is 16.6. The Morgan fingerprint density at radius 3 is 2.46 bits per heavy atom. The number of hydrogen-bond acceptors (Lipinski definition) is 5. The van der Waals surface area contributed by atoms with Gasteiger partial charge < -0.3 is 10.1 Å². The molecule has 4 rings (SSSR count). The van der Waals surface area contributed by atoms with Crippen LogP contribution in [0.25, 0.3) is 11.1 Å². The van der Waals surface area contributed by atoms with Crippen LogP contribution < -0.4 is 14.8 Å². The second kappa shape index (κ2) is 10.2. The maximum atomic E-state index is 15.7. The van der Waals surface area contributed by atoms with Crippen LogP contribution in [0.2, 0.25) is 0 Å². The Labute approximate surface area is 215 Å². The van der Waals surface area contributed by atoms with E-state index in [4.69, 9.17) is 4.74 Å². The zero-order valence-electron chi connectivity index (χ0n) is 18.9. The molecule has 1 amide bonds. The molecule has 0 aliphatic heterocycles. The summed E-state index contributed by atoms with van der Waals surface area (Å²) in [4.78, 5) is 16.1. The molecule has 0 radical (unpaired) electrons. The van der Waals surface area contributed by atoms with Crippen LogP contribution in [-0.2, 0) is 16.6 Å². The molecule has 0 unspecified atom stereocenters. The van der Waals surface area contributed by atoms with Crippen molar-refractivity contribution >= 4 is 38.5 Å². The van der Waals surface area contributed by atoms with Crippen LogP contribution in [0.4, 0.5) is 8.78 Å². The predicted molar refractivity (Wildman–Crippen MR) is 135 cm³/mol. The van der Waals surface area contributed by atoms with Crippen LogP contribution in [-0.4, -0.2) is 32.5 Å². The lowest BCUT2D eigenvalue weighted by Gasteiger charge is -2.21. The van der Waals surface area contributed by atoms with Crippen molar-refractivity contribution in [2.24, 2.45) is 0 Å². The molecule has 0 atom stereocenters. The first-order valence-electron chi connectivity index (χ1n) is 10.7. The Hall–Kier alpha value is -2.64. The Kier molecular flexibility index (Phi) is 7.38. The Bertz CT molecular complexity index is 1400. The number of aryl methyl sites for hydroxylation is 1. The number of pyridine rings is 1. The largest absolute Gasteiger partial charge is 0.494 e. The molecule has 1 aliphatic carbocycles. The number of sulfonamides is 1. The molecular formula is C24H22F2IN3O4S. The number of aromatic nitrogens is 1. The van der Waals surface area contributed by atoms with Crippen molar-refractivity contribution in [1.29, 1.82) is 0 Å². The molecule has 3 aromatic rings. The van der Waals surface area contributed by atoms with Crippen LogP contribution in [0.3, 0.4) is 0 Å². The zero-order chi connectivity index (χ0) is 25.3. The summed E-state index contributed by atoms with van der Waals surface area (Å²) < 4.78 is 66.0. The van der Waals surface area contributed by atoms with Crippen LogP contribution in [0.5, 0.6) is 5.75 Å². The summed E-state index contributed by atoms with van der Waals surface area (Å²) in [5, 5.41) is 2.74. The first-order valence-corrected chi connectivity index (χ1v) is 13.2. The number of amides is 1. The first kappa shape index (κ1) is 25.5. The SMILES string of the molecule is COc1c(C(=O)NC2CC2)c(-c2ccc(I)cc2C)c(F)c(F)c1S(=O)(=O)NCc1ccncc1. The monoisotopic (exact) mass is 613 g/mol. The van der Waals surface area contributed by atoms with Crippen molar-refractivity contribution in [1.82, 2.24) is 15.0 Å². The van der Waals surface area contributed by atoms with E-state index < -0.39 is 38.2 Å². The van der Waals surface area contributed by atoms with E-state index in [1.165, 1.54) is 12.4 Å². The third kappa shape index (κ3) is 5.31. The Balaban J connectivity index is 1.92. The molecule has 2 N–H and O–H groups in total. The Morgan fingerprint density at radius 2 is 1.86 bits per heavy atom. The lowest BCUT2D eigenvalue weighted by atomic mass is 9.94. The summed E-state index contributed by atoms with van der Waals surface area (Å²) in [5.41, 5.74) is 0.687. The van der Waals surface area contributed by atoms with E-state index in [9.17, 15) is 13.2 Å². The number of carbonyl (C=O) groups is 1. The van der Waals surface area contributed by atoms with Gasteiger partial charge in [-0.2, -0.15) is 0 Å². The normalized spacial score (nSPS) is 13.5. The average Bonchev–Trinajstić information content (AvgIpc) is 3.64. The van der Waals surface area contributed by atoms with Crippen molar-refractivity contribution in [3.8, 4) is 16.9 Å². The van der Waals surface area contributed by atoms with Crippen molar-refractivity contribution in [2.75, 3.05) is 7.11 Å². The van der Waals surface area contributed by atoms with Crippen molar-refractivity contribution in [3.63, 3.8) is 0 Å². The van der Waals surface area contributed by atoms with Gasteiger partial charge in [-0.05, 0) is 83.3 Å². The van der Waals surface area contributed by atoms with Gasteiger partial charge in [-0.1, -0.05) is 6.07 Å². The van der Waals surface area contributed by atoms with Gasteiger partial charge in [0.15, 0.2) is 22.3 Å². The van der Waals surface area contributed by atoms with Gasteiger partial charge in [-0.15, -0.1) is 0 Å². The topological polar surface area (TPSA) is 97.4 Å². The van der Waals surface area contributed by atoms with E-state index in [2.05, 4.69) is 37.6 Å². The van der Waals surface area contributed by atoms with Crippen LogP contribution in [0.1, 0.15) is 34.3 Å². The molecule has 0 bridgehead atoms. The second-order valence-corrected chi connectivity index (χ2v) is 11.1. The van der Waals surface area contributed by atoms with Gasteiger partial charge in [-0.3, -0.25) is 9.78 Å². The number of halogens is 3. The number of nitrogens with one attached hydrogen (secondary N) is 2. The third-order valence-electron chi connectivity index (χ3n) is 5.58. The van der Waals surface area contributed by atoms with E-state index >= 15 is 8.78 Å².